The number of hydrogen-bond acceptors (Lipinski definition) is 2. The fourth-order valence-electron chi connectivity index (χ4n) is 1.27. The predicted molar refractivity (Wildman–Crippen MR) is 40.5 cm³/mol. The van der Waals surface area contributed by atoms with Gasteiger partial charge in [-0.2, -0.15) is 13.2 Å². The molecule has 0 N–H and O–H groups in total. The Morgan fingerprint density at radius 3 is 2.69 bits per heavy atom. The van der Waals surface area contributed by atoms with E-state index < -0.39 is 12.8 Å². The number of rotatable bonds is 4. The normalized spacial score (nSPS) is 23.8. The highest BCUT2D eigenvalue weighted by atomic mass is 19.4. The second-order valence-corrected chi connectivity index (χ2v) is 3.09. The Morgan fingerprint density at radius 2 is 2.15 bits per heavy atom. The molecule has 0 aromatic carbocycles. The third kappa shape index (κ3) is 5.10. The monoisotopic (exact) mass is 198 g/mol. The Balaban J connectivity index is 1.94. The molecule has 0 bridgehead atoms. The van der Waals surface area contributed by atoms with E-state index in [1.165, 1.54) is 0 Å². The second-order valence-electron chi connectivity index (χ2n) is 3.09. The third-order valence-electron chi connectivity index (χ3n) is 1.87. The first-order valence-electron chi connectivity index (χ1n) is 4.34. The molecule has 1 atom stereocenters. The van der Waals surface area contributed by atoms with Crippen molar-refractivity contribution in [3.8, 4) is 0 Å². The topological polar surface area (TPSA) is 18.5 Å². The SMILES string of the molecule is FC(F)(F)COCCC1CCCO1. The summed E-state index contributed by atoms with van der Waals surface area (Å²) in [5, 5.41) is 0. The van der Waals surface area contributed by atoms with Gasteiger partial charge in [-0.25, -0.2) is 0 Å². The molecule has 0 aromatic rings. The summed E-state index contributed by atoms with van der Waals surface area (Å²) in [6.07, 6.45) is -1.60. The van der Waals surface area contributed by atoms with Gasteiger partial charge in [0.05, 0.1) is 6.10 Å². The molecule has 78 valence electrons. The first-order valence-corrected chi connectivity index (χ1v) is 4.34. The van der Waals surface area contributed by atoms with Gasteiger partial charge in [-0.05, 0) is 19.3 Å². The van der Waals surface area contributed by atoms with Gasteiger partial charge in [0.1, 0.15) is 6.61 Å². The van der Waals surface area contributed by atoms with Crippen LogP contribution < -0.4 is 0 Å². The summed E-state index contributed by atoms with van der Waals surface area (Å²) in [7, 11) is 0. The van der Waals surface area contributed by atoms with Crippen LogP contribution in [0.5, 0.6) is 0 Å². The highest BCUT2D eigenvalue weighted by molar-refractivity contribution is 4.64. The summed E-state index contributed by atoms with van der Waals surface area (Å²) in [6.45, 7) is -0.298. The fourth-order valence-corrected chi connectivity index (χ4v) is 1.27. The lowest BCUT2D eigenvalue weighted by molar-refractivity contribution is -0.175. The Bertz CT molecular complexity index is 141. The molecule has 2 nitrogen and oxygen atoms in total. The average molecular weight is 198 g/mol. The lowest BCUT2D eigenvalue weighted by Crippen LogP contribution is -2.19. The van der Waals surface area contributed by atoms with Crippen molar-refractivity contribution in [2.75, 3.05) is 19.8 Å². The predicted octanol–water partition coefficient (Wildman–Crippen LogP) is 2.13. The van der Waals surface area contributed by atoms with Crippen LogP contribution in [0.15, 0.2) is 0 Å². The first kappa shape index (κ1) is 10.8. The number of halogens is 3. The van der Waals surface area contributed by atoms with Crippen molar-refractivity contribution in [3.05, 3.63) is 0 Å². The van der Waals surface area contributed by atoms with Gasteiger partial charge in [0, 0.05) is 13.2 Å². The van der Waals surface area contributed by atoms with Crippen LogP contribution in [-0.4, -0.2) is 32.1 Å². The smallest absolute Gasteiger partial charge is 0.378 e. The number of alkyl halides is 3. The van der Waals surface area contributed by atoms with E-state index in [0.717, 1.165) is 19.4 Å². The van der Waals surface area contributed by atoms with Crippen molar-refractivity contribution >= 4 is 0 Å². The van der Waals surface area contributed by atoms with Gasteiger partial charge in [0.2, 0.25) is 0 Å². The molecule has 0 amide bonds. The maximum absolute atomic E-state index is 11.6. The van der Waals surface area contributed by atoms with Gasteiger partial charge in [0.25, 0.3) is 0 Å². The molecular weight excluding hydrogens is 185 g/mol. The Hall–Kier alpha value is -0.290. The van der Waals surface area contributed by atoms with Gasteiger partial charge in [-0.1, -0.05) is 0 Å². The van der Waals surface area contributed by atoms with E-state index >= 15 is 0 Å². The maximum atomic E-state index is 11.6. The van der Waals surface area contributed by atoms with Crippen LogP contribution in [0.2, 0.25) is 0 Å². The van der Waals surface area contributed by atoms with Crippen LogP contribution in [0, 0.1) is 0 Å². The minimum Gasteiger partial charge on any atom is -0.378 e. The van der Waals surface area contributed by atoms with E-state index in [0.29, 0.717) is 6.42 Å². The third-order valence-corrected chi connectivity index (χ3v) is 1.87. The molecule has 1 fully saturated rings. The highest BCUT2D eigenvalue weighted by Crippen LogP contribution is 2.17. The largest absolute Gasteiger partial charge is 0.411 e. The lowest BCUT2D eigenvalue weighted by atomic mass is 10.2. The van der Waals surface area contributed by atoms with E-state index in [-0.39, 0.29) is 12.7 Å². The zero-order chi connectivity index (χ0) is 9.73. The van der Waals surface area contributed by atoms with Crippen LogP contribution in [0.1, 0.15) is 19.3 Å². The Labute approximate surface area is 75.0 Å². The summed E-state index contributed by atoms with van der Waals surface area (Å²) in [5.74, 6) is 0. The van der Waals surface area contributed by atoms with Crippen molar-refractivity contribution in [1.82, 2.24) is 0 Å². The van der Waals surface area contributed by atoms with E-state index in [9.17, 15) is 13.2 Å². The molecule has 1 aliphatic heterocycles. The fraction of sp³-hybridized carbons (Fsp3) is 1.00. The van der Waals surface area contributed by atoms with Gasteiger partial charge in [-0.15, -0.1) is 0 Å². The molecule has 0 radical (unpaired) electrons. The van der Waals surface area contributed by atoms with Crippen molar-refractivity contribution in [2.45, 2.75) is 31.5 Å². The van der Waals surface area contributed by atoms with Crippen LogP contribution in [0.25, 0.3) is 0 Å². The summed E-state index contributed by atoms with van der Waals surface area (Å²) in [6, 6.07) is 0. The van der Waals surface area contributed by atoms with Crippen molar-refractivity contribution in [1.29, 1.82) is 0 Å². The van der Waals surface area contributed by atoms with E-state index in [2.05, 4.69) is 4.74 Å². The molecule has 5 heteroatoms. The van der Waals surface area contributed by atoms with Crippen molar-refractivity contribution in [2.24, 2.45) is 0 Å². The zero-order valence-electron chi connectivity index (χ0n) is 7.27. The molecule has 1 rings (SSSR count). The molecule has 13 heavy (non-hydrogen) atoms. The van der Waals surface area contributed by atoms with Crippen LogP contribution >= 0.6 is 0 Å². The molecule has 1 heterocycles. The molecule has 0 aliphatic carbocycles. The Morgan fingerprint density at radius 1 is 1.38 bits per heavy atom. The van der Waals surface area contributed by atoms with Crippen LogP contribution in [0.3, 0.4) is 0 Å². The van der Waals surface area contributed by atoms with E-state index in [4.69, 9.17) is 4.74 Å². The lowest BCUT2D eigenvalue weighted by Gasteiger charge is -2.10. The van der Waals surface area contributed by atoms with Crippen LogP contribution in [0.4, 0.5) is 13.2 Å². The van der Waals surface area contributed by atoms with E-state index in [1.807, 2.05) is 0 Å². The van der Waals surface area contributed by atoms with Gasteiger partial charge < -0.3 is 9.47 Å². The van der Waals surface area contributed by atoms with Gasteiger partial charge in [-0.3, -0.25) is 0 Å². The number of hydrogen-bond donors (Lipinski definition) is 0. The first-order chi connectivity index (χ1) is 6.08. The summed E-state index contributed by atoms with van der Waals surface area (Å²) >= 11 is 0. The molecule has 1 aliphatic rings. The maximum Gasteiger partial charge on any atom is 0.411 e. The van der Waals surface area contributed by atoms with E-state index in [1.54, 1.807) is 0 Å². The van der Waals surface area contributed by atoms with Crippen molar-refractivity contribution < 1.29 is 22.6 Å². The summed E-state index contributed by atoms with van der Waals surface area (Å²) in [4.78, 5) is 0. The summed E-state index contributed by atoms with van der Waals surface area (Å²) in [5.41, 5.74) is 0. The number of ether oxygens (including phenoxy) is 2. The quantitative estimate of drug-likeness (QED) is 0.644. The second kappa shape index (κ2) is 4.81. The van der Waals surface area contributed by atoms with Gasteiger partial charge in [0.15, 0.2) is 0 Å². The molecular formula is C8H13F3O2. The standard InChI is InChI=1S/C8H13F3O2/c9-8(10,11)6-12-5-3-7-2-1-4-13-7/h7H,1-6H2. The highest BCUT2D eigenvalue weighted by Gasteiger charge is 2.27. The van der Waals surface area contributed by atoms with Gasteiger partial charge >= 0.3 is 6.18 Å². The molecule has 0 saturated carbocycles. The molecule has 0 aromatic heterocycles. The van der Waals surface area contributed by atoms with Crippen LogP contribution in [-0.2, 0) is 9.47 Å². The van der Waals surface area contributed by atoms with Crippen molar-refractivity contribution in [3.63, 3.8) is 0 Å². The average Bonchev–Trinajstić information content (AvgIpc) is 2.48. The minimum atomic E-state index is -4.21. The minimum absolute atomic E-state index is 0.105. The summed E-state index contributed by atoms with van der Waals surface area (Å²) < 4.78 is 44.5. The molecule has 0 spiro atoms. The zero-order valence-corrected chi connectivity index (χ0v) is 7.27. The molecule has 1 unspecified atom stereocenters. The Kier molecular flexibility index (Phi) is 3.99. The molecule has 1 saturated heterocycles.